The molecule has 0 atom stereocenters. The summed E-state index contributed by atoms with van der Waals surface area (Å²) in [6.07, 6.45) is 5.42. The van der Waals surface area contributed by atoms with Crippen LogP contribution in [0.2, 0.25) is 10.0 Å². The first-order chi connectivity index (χ1) is 20.1. The molecule has 42 heavy (non-hydrogen) atoms. The molecule has 1 aliphatic heterocycles. The number of likely N-dealkylation sites (N-methyl/N-ethyl adjacent to an activating group) is 1. The lowest BCUT2D eigenvalue weighted by molar-refractivity contribution is 0.0815. The average molecular weight is 634 g/mol. The summed E-state index contributed by atoms with van der Waals surface area (Å²) < 4.78 is 45.4. The van der Waals surface area contributed by atoms with E-state index < -0.39 is 15.8 Å². The van der Waals surface area contributed by atoms with Crippen LogP contribution < -0.4 is 10.5 Å². The van der Waals surface area contributed by atoms with Crippen LogP contribution in [0, 0.1) is 5.82 Å². The monoisotopic (exact) mass is 632 g/mol. The third-order valence-corrected chi connectivity index (χ3v) is 10.6. The lowest BCUT2D eigenvalue weighted by atomic mass is 9.90. The zero-order valence-electron chi connectivity index (χ0n) is 23.0. The molecule has 3 N–H and O–H groups in total. The minimum absolute atomic E-state index is 0.0745. The van der Waals surface area contributed by atoms with Gasteiger partial charge in [-0.2, -0.15) is 5.10 Å². The van der Waals surface area contributed by atoms with E-state index in [9.17, 15) is 8.42 Å². The molecule has 4 aromatic rings. The van der Waals surface area contributed by atoms with Crippen LogP contribution in [-0.4, -0.2) is 77.2 Å². The van der Waals surface area contributed by atoms with Gasteiger partial charge in [-0.15, -0.1) is 0 Å². The van der Waals surface area contributed by atoms with Crippen molar-refractivity contribution >= 4 is 55.8 Å². The number of halogens is 3. The van der Waals surface area contributed by atoms with E-state index >= 15 is 4.39 Å². The van der Waals surface area contributed by atoms with Gasteiger partial charge in [0.25, 0.3) is 10.0 Å². The van der Waals surface area contributed by atoms with E-state index in [0.717, 1.165) is 51.9 Å². The van der Waals surface area contributed by atoms with E-state index in [2.05, 4.69) is 31.5 Å². The first-order valence-electron chi connectivity index (χ1n) is 13.8. The number of sulfonamides is 1. The molecular formula is C28H31Cl2FN8O2S. The van der Waals surface area contributed by atoms with E-state index in [1.165, 1.54) is 36.7 Å². The summed E-state index contributed by atoms with van der Waals surface area (Å²) in [5.41, 5.74) is 7.50. The molecule has 6 rings (SSSR count). The Morgan fingerprint density at radius 3 is 2.43 bits per heavy atom. The lowest BCUT2D eigenvalue weighted by Crippen LogP contribution is -2.49. The Labute approximate surface area is 253 Å². The molecule has 3 heterocycles. The van der Waals surface area contributed by atoms with Gasteiger partial charge in [0, 0.05) is 37.8 Å². The molecule has 2 aliphatic rings. The molecule has 2 fully saturated rings. The second kappa shape index (κ2) is 11.6. The molecule has 10 nitrogen and oxygen atoms in total. The number of nitrogen functional groups attached to an aromatic ring is 1. The summed E-state index contributed by atoms with van der Waals surface area (Å²) in [5, 5.41) is 5.35. The highest BCUT2D eigenvalue weighted by atomic mass is 35.5. The van der Waals surface area contributed by atoms with Gasteiger partial charge in [0.1, 0.15) is 28.6 Å². The highest BCUT2D eigenvalue weighted by Crippen LogP contribution is 2.38. The zero-order chi connectivity index (χ0) is 29.6. The Morgan fingerprint density at radius 2 is 1.71 bits per heavy atom. The third kappa shape index (κ3) is 5.53. The van der Waals surface area contributed by atoms with Gasteiger partial charge in [-0.25, -0.2) is 27.5 Å². The average Bonchev–Trinajstić information content (AvgIpc) is 3.37. The molecule has 0 bridgehead atoms. The largest absolute Gasteiger partial charge is 0.383 e. The first kappa shape index (κ1) is 29.1. The first-order valence-corrected chi connectivity index (χ1v) is 16.0. The van der Waals surface area contributed by atoms with Crippen LogP contribution in [0.3, 0.4) is 0 Å². The summed E-state index contributed by atoms with van der Waals surface area (Å²) in [6.45, 7) is 4.37. The minimum atomic E-state index is -4.21. The Hall–Kier alpha value is -3.03. The summed E-state index contributed by atoms with van der Waals surface area (Å²) >= 11 is 12.1. The van der Waals surface area contributed by atoms with Crippen molar-refractivity contribution in [1.82, 2.24) is 29.5 Å². The standard InChI is InChI=1S/C28H31Cl2FN8O2S/c1-37-11-13-38(14-12-37)18-6-8-19(9-7-18)39-28-24(27(32)33-16-34-28)26(35-39)17-5-10-22(21(31)15-17)36-42(40,41)23-4-2-3-20(29)25(23)30/h2-5,10,15-16,18-19,36H,6-9,11-14H2,1H3,(H2,32,33,34). The number of hydrogen-bond donors (Lipinski definition) is 2. The zero-order valence-corrected chi connectivity index (χ0v) is 25.3. The summed E-state index contributed by atoms with van der Waals surface area (Å²) in [7, 11) is -2.04. The van der Waals surface area contributed by atoms with Crippen molar-refractivity contribution < 1.29 is 12.8 Å². The molecule has 14 heteroatoms. The second-order valence-corrected chi connectivity index (χ2v) is 13.3. The van der Waals surface area contributed by atoms with Crippen molar-refractivity contribution in [3.63, 3.8) is 0 Å². The van der Waals surface area contributed by atoms with Crippen LogP contribution in [0.4, 0.5) is 15.9 Å². The van der Waals surface area contributed by atoms with Gasteiger partial charge in [0.05, 0.1) is 27.2 Å². The summed E-state index contributed by atoms with van der Waals surface area (Å²) in [4.78, 5) is 13.4. The smallest absolute Gasteiger partial charge is 0.263 e. The minimum Gasteiger partial charge on any atom is -0.383 e. The van der Waals surface area contributed by atoms with Crippen LogP contribution in [0.25, 0.3) is 22.3 Å². The fourth-order valence-electron chi connectivity index (χ4n) is 5.94. The number of piperazine rings is 1. The van der Waals surface area contributed by atoms with Crippen LogP contribution in [0.1, 0.15) is 31.7 Å². The molecule has 0 unspecified atom stereocenters. The maximum Gasteiger partial charge on any atom is 0.263 e. The highest BCUT2D eigenvalue weighted by Gasteiger charge is 2.31. The highest BCUT2D eigenvalue weighted by molar-refractivity contribution is 7.92. The van der Waals surface area contributed by atoms with Crippen LogP contribution in [0.15, 0.2) is 47.6 Å². The quantitative estimate of drug-likeness (QED) is 0.303. The number of anilines is 2. The molecule has 2 aromatic heterocycles. The molecule has 2 aromatic carbocycles. The van der Waals surface area contributed by atoms with Crippen molar-refractivity contribution in [2.75, 3.05) is 43.7 Å². The van der Waals surface area contributed by atoms with Gasteiger partial charge < -0.3 is 10.6 Å². The molecule has 1 saturated carbocycles. The van der Waals surface area contributed by atoms with E-state index in [4.69, 9.17) is 34.0 Å². The topological polar surface area (TPSA) is 122 Å². The Kier molecular flexibility index (Phi) is 8.01. The summed E-state index contributed by atoms with van der Waals surface area (Å²) in [6, 6.07) is 9.05. The van der Waals surface area contributed by atoms with Crippen molar-refractivity contribution in [2.45, 2.75) is 42.7 Å². The molecule has 222 valence electrons. The molecular weight excluding hydrogens is 602 g/mol. The number of nitrogens with one attached hydrogen (secondary N) is 1. The van der Waals surface area contributed by atoms with Gasteiger partial charge in [-0.05, 0) is 57.0 Å². The Morgan fingerprint density at radius 1 is 1.00 bits per heavy atom. The molecule has 1 aliphatic carbocycles. The second-order valence-electron chi connectivity index (χ2n) is 10.9. The predicted octanol–water partition coefficient (Wildman–Crippen LogP) is 5.05. The number of rotatable bonds is 6. The third-order valence-electron chi connectivity index (χ3n) is 8.28. The number of nitrogens with zero attached hydrogens (tertiary/aromatic N) is 6. The van der Waals surface area contributed by atoms with Crippen molar-refractivity contribution in [1.29, 1.82) is 0 Å². The van der Waals surface area contributed by atoms with Crippen molar-refractivity contribution in [3.05, 3.63) is 58.6 Å². The van der Waals surface area contributed by atoms with Crippen molar-refractivity contribution in [2.24, 2.45) is 0 Å². The number of nitrogens with two attached hydrogens (primary N) is 1. The molecule has 0 radical (unpaired) electrons. The van der Waals surface area contributed by atoms with E-state index in [0.29, 0.717) is 28.3 Å². The van der Waals surface area contributed by atoms with E-state index in [-0.39, 0.29) is 32.5 Å². The fourth-order valence-corrected chi connectivity index (χ4v) is 7.77. The summed E-state index contributed by atoms with van der Waals surface area (Å²) in [5.74, 6) is -0.548. The number of benzene rings is 2. The SMILES string of the molecule is CN1CCN(C2CCC(n3nc(-c4ccc(NS(=O)(=O)c5cccc(Cl)c5Cl)c(F)c4)c4c(N)ncnc43)CC2)CC1. The predicted molar refractivity (Wildman–Crippen MR) is 163 cm³/mol. The van der Waals surface area contributed by atoms with E-state index in [1.54, 1.807) is 6.07 Å². The fraction of sp³-hybridized carbons (Fsp3) is 0.393. The molecule has 1 saturated heterocycles. The lowest BCUT2D eigenvalue weighted by Gasteiger charge is -2.41. The van der Waals surface area contributed by atoms with Crippen molar-refractivity contribution in [3.8, 4) is 11.3 Å². The normalized spacial score (nSPS) is 20.7. The van der Waals surface area contributed by atoms with Gasteiger partial charge in [0.15, 0.2) is 5.65 Å². The molecule has 0 amide bonds. The van der Waals surface area contributed by atoms with Gasteiger partial charge in [-0.3, -0.25) is 9.62 Å². The Bertz CT molecular complexity index is 1740. The van der Waals surface area contributed by atoms with Crippen LogP contribution in [-0.2, 0) is 10.0 Å². The Balaban J connectivity index is 1.27. The maximum absolute atomic E-state index is 15.4. The van der Waals surface area contributed by atoms with E-state index in [1.807, 2.05) is 4.68 Å². The van der Waals surface area contributed by atoms with Gasteiger partial charge in [0.2, 0.25) is 0 Å². The van der Waals surface area contributed by atoms with Crippen LogP contribution in [0.5, 0.6) is 0 Å². The van der Waals surface area contributed by atoms with Gasteiger partial charge >= 0.3 is 0 Å². The maximum atomic E-state index is 15.4. The number of fused-ring (bicyclic) bond motifs is 1. The van der Waals surface area contributed by atoms with Gasteiger partial charge in [-0.1, -0.05) is 35.3 Å². The molecule has 0 spiro atoms. The van der Waals surface area contributed by atoms with Crippen LogP contribution >= 0.6 is 23.2 Å². The number of hydrogen-bond acceptors (Lipinski definition) is 8. The number of aromatic nitrogens is 4.